The molecule has 1 N–H and O–H groups in total. The van der Waals surface area contributed by atoms with Crippen molar-refractivity contribution in [3.8, 4) is 5.75 Å². The lowest BCUT2D eigenvalue weighted by molar-refractivity contribution is -0.117. The molecule has 5 rings (SSSR count). The zero-order valence-electron chi connectivity index (χ0n) is 17.4. The number of anilines is 1. The molecule has 0 saturated carbocycles. The van der Waals surface area contributed by atoms with Gasteiger partial charge in [-0.3, -0.25) is 14.5 Å². The topological polar surface area (TPSA) is 106 Å². The molecule has 4 aromatic rings. The summed E-state index contributed by atoms with van der Waals surface area (Å²) in [5.41, 5.74) is 0.992. The third-order valence-corrected chi connectivity index (χ3v) is 6.21. The molecule has 0 aliphatic carbocycles. The van der Waals surface area contributed by atoms with Crippen molar-refractivity contribution < 1.29 is 28.3 Å². The lowest BCUT2D eigenvalue weighted by Crippen LogP contribution is -2.30. The number of para-hydroxylation sites is 1. The first-order valence-corrected chi connectivity index (χ1v) is 10.6. The summed E-state index contributed by atoms with van der Waals surface area (Å²) >= 11 is 1.24. The SMILES string of the molecule is COc1cccc2cc(C(=O)C3=C(O)C(=O)N(c4nc(C)cs4)C3c3ccc(C)o3)oc12. The van der Waals surface area contributed by atoms with E-state index in [0.717, 1.165) is 5.69 Å². The maximum atomic E-state index is 13.6. The Hall–Kier alpha value is -3.85. The van der Waals surface area contributed by atoms with E-state index in [1.807, 2.05) is 0 Å². The molecular formula is C23H18N2O6S. The van der Waals surface area contributed by atoms with Crippen LogP contribution in [0, 0.1) is 13.8 Å². The average molecular weight is 450 g/mol. The smallest absolute Gasteiger partial charge is 0.296 e. The van der Waals surface area contributed by atoms with E-state index in [2.05, 4.69) is 4.98 Å². The first kappa shape index (κ1) is 20.1. The molecule has 0 radical (unpaired) electrons. The van der Waals surface area contributed by atoms with E-state index in [4.69, 9.17) is 13.6 Å². The minimum Gasteiger partial charge on any atom is -0.503 e. The monoisotopic (exact) mass is 450 g/mol. The van der Waals surface area contributed by atoms with Gasteiger partial charge < -0.3 is 18.7 Å². The fraction of sp³-hybridized carbons (Fsp3) is 0.174. The van der Waals surface area contributed by atoms with Crippen molar-refractivity contribution in [3.05, 3.63) is 76.1 Å². The number of carbonyl (C=O) groups is 2. The number of furan rings is 2. The number of nitrogens with zero attached hydrogens (tertiary/aromatic N) is 2. The van der Waals surface area contributed by atoms with E-state index in [-0.39, 0.29) is 11.3 Å². The lowest BCUT2D eigenvalue weighted by Gasteiger charge is -2.22. The summed E-state index contributed by atoms with van der Waals surface area (Å²) in [4.78, 5) is 32.3. The fourth-order valence-electron chi connectivity index (χ4n) is 3.80. The van der Waals surface area contributed by atoms with Gasteiger partial charge in [0.2, 0.25) is 5.78 Å². The number of ether oxygens (including phenoxy) is 1. The van der Waals surface area contributed by atoms with Gasteiger partial charge in [0, 0.05) is 10.8 Å². The van der Waals surface area contributed by atoms with Crippen molar-refractivity contribution in [2.75, 3.05) is 12.0 Å². The number of amides is 1. The average Bonchev–Trinajstić information content (AvgIpc) is 3.54. The van der Waals surface area contributed by atoms with Crippen molar-refractivity contribution in [1.82, 2.24) is 4.98 Å². The van der Waals surface area contributed by atoms with Gasteiger partial charge in [0.15, 0.2) is 28.0 Å². The zero-order chi connectivity index (χ0) is 22.6. The normalized spacial score (nSPS) is 16.4. The third kappa shape index (κ3) is 3.01. The van der Waals surface area contributed by atoms with Gasteiger partial charge in [0.1, 0.15) is 17.6 Å². The summed E-state index contributed by atoms with van der Waals surface area (Å²) in [6, 6.07) is 9.27. The number of Topliss-reactive ketones (excluding diaryl/α,β-unsaturated/α-hetero) is 1. The molecule has 32 heavy (non-hydrogen) atoms. The highest BCUT2D eigenvalue weighted by Gasteiger charge is 2.48. The molecule has 1 unspecified atom stereocenters. The molecule has 8 nitrogen and oxygen atoms in total. The largest absolute Gasteiger partial charge is 0.503 e. The zero-order valence-corrected chi connectivity index (χ0v) is 18.2. The highest BCUT2D eigenvalue weighted by Crippen LogP contribution is 2.44. The number of aliphatic hydroxyl groups excluding tert-OH is 1. The van der Waals surface area contributed by atoms with E-state index in [1.165, 1.54) is 23.3 Å². The summed E-state index contributed by atoms with van der Waals surface area (Å²) in [5.74, 6) is -0.613. The van der Waals surface area contributed by atoms with Crippen LogP contribution < -0.4 is 9.64 Å². The number of rotatable bonds is 5. The molecule has 3 aromatic heterocycles. The molecule has 4 heterocycles. The number of aromatic nitrogens is 1. The van der Waals surface area contributed by atoms with Crippen LogP contribution in [0.1, 0.15) is 33.8 Å². The van der Waals surface area contributed by atoms with Crippen LogP contribution in [-0.2, 0) is 4.79 Å². The second kappa shape index (κ2) is 7.38. The number of hydrogen-bond acceptors (Lipinski definition) is 8. The summed E-state index contributed by atoms with van der Waals surface area (Å²) in [6.07, 6.45) is 0. The summed E-state index contributed by atoms with van der Waals surface area (Å²) in [7, 11) is 1.51. The highest BCUT2D eigenvalue weighted by atomic mass is 32.1. The molecular weight excluding hydrogens is 432 g/mol. The van der Waals surface area contributed by atoms with E-state index in [0.29, 0.717) is 33.4 Å². The molecule has 0 fully saturated rings. The second-order valence-electron chi connectivity index (χ2n) is 7.38. The van der Waals surface area contributed by atoms with E-state index in [1.54, 1.807) is 55.6 Å². The van der Waals surface area contributed by atoms with Gasteiger partial charge >= 0.3 is 0 Å². The molecule has 1 aliphatic heterocycles. The number of thiazole rings is 1. The van der Waals surface area contributed by atoms with Crippen LogP contribution in [-0.4, -0.2) is 28.9 Å². The quantitative estimate of drug-likeness (QED) is 0.432. The van der Waals surface area contributed by atoms with Crippen LogP contribution in [0.3, 0.4) is 0 Å². The van der Waals surface area contributed by atoms with Crippen LogP contribution >= 0.6 is 11.3 Å². The molecule has 162 valence electrons. The maximum Gasteiger partial charge on any atom is 0.296 e. The molecule has 1 atom stereocenters. The Kier molecular flexibility index (Phi) is 4.63. The second-order valence-corrected chi connectivity index (χ2v) is 8.21. The molecule has 9 heteroatoms. The Balaban J connectivity index is 1.65. The van der Waals surface area contributed by atoms with Crippen molar-refractivity contribution in [3.63, 3.8) is 0 Å². The van der Waals surface area contributed by atoms with Crippen molar-refractivity contribution >= 4 is 39.1 Å². The van der Waals surface area contributed by atoms with Crippen LogP contribution in [0.2, 0.25) is 0 Å². The lowest BCUT2D eigenvalue weighted by atomic mass is 9.99. The van der Waals surface area contributed by atoms with E-state index < -0.39 is 23.5 Å². The van der Waals surface area contributed by atoms with Crippen LogP contribution in [0.15, 0.2) is 61.9 Å². The minimum absolute atomic E-state index is 0.0238. The van der Waals surface area contributed by atoms with Crippen molar-refractivity contribution in [1.29, 1.82) is 0 Å². The van der Waals surface area contributed by atoms with Gasteiger partial charge in [-0.05, 0) is 38.1 Å². The number of methoxy groups -OCH3 is 1. The van der Waals surface area contributed by atoms with Gasteiger partial charge in [0.25, 0.3) is 5.91 Å². The Bertz CT molecular complexity index is 1410. The predicted octanol–water partition coefficient (Wildman–Crippen LogP) is 4.89. The van der Waals surface area contributed by atoms with Crippen molar-refractivity contribution in [2.45, 2.75) is 19.9 Å². The van der Waals surface area contributed by atoms with Gasteiger partial charge in [-0.25, -0.2) is 4.98 Å². The van der Waals surface area contributed by atoms with Gasteiger partial charge in [-0.15, -0.1) is 11.3 Å². The standard InChI is InChI=1S/C23H18N2O6S/c1-11-10-32-23(24-11)25-18(14-8-7-12(2)30-14)17(20(27)22(25)28)19(26)16-9-13-5-4-6-15(29-3)21(13)31-16/h4-10,18,27H,1-3H3. The van der Waals surface area contributed by atoms with Gasteiger partial charge in [-0.1, -0.05) is 12.1 Å². The molecule has 0 bridgehead atoms. The van der Waals surface area contributed by atoms with Crippen LogP contribution in [0.4, 0.5) is 5.13 Å². The number of hydrogen-bond donors (Lipinski definition) is 1. The number of ketones is 1. The molecule has 1 aromatic carbocycles. The summed E-state index contributed by atoms with van der Waals surface area (Å²) < 4.78 is 16.9. The molecule has 0 saturated heterocycles. The first-order valence-electron chi connectivity index (χ1n) is 9.75. The molecule has 1 aliphatic rings. The third-order valence-electron chi connectivity index (χ3n) is 5.25. The number of benzene rings is 1. The predicted molar refractivity (Wildman–Crippen MR) is 117 cm³/mol. The Morgan fingerprint density at radius 3 is 2.69 bits per heavy atom. The fourth-order valence-corrected chi connectivity index (χ4v) is 4.63. The number of fused-ring (bicyclic) bond motifs is 1. The Morgan fingerprint density at radius 2 is 2.03 bits per heavy atom. The van der Waals surface area contributed by atoms with Crippen LogP contribution in [0.25, 0.3) is 11.0 Å². The highest BCUT2D eigenvalue weighted by molar-refractivity contribution is 7.14. The van der Waals surface area contributed by atoms with Gasteiger partial charge in [0.05, 0.1) is 18.4 Å². The number of aliphatic hydroxyl groups is 1. The summed E-state index contributed by atoms with van der Waals surface area (Å²) in [6.45, 7) is 3.56. The van der Waals surface area contributed by atoms with Gasteiger partial charge in [-0.2, -0.15) is 0 Å². The number of aryl methyl sites for hydroxylation is 2. The Labute approximate surface area is 186 Å². The number of carbonyl (C=O) groups excluding carboxylic acids is 2. The van der Waals surface area contributed by atoms with E-state index in [9.17, 15) is 14.7 Å². The van der Waals surface area contributed by atoms with Crippen LogP contribution in [0.5, 0.6) is 5.75 Å². The first-order chi connectivity index (χ1) is 15.4. The molecule has 0 spiro atoms. The summed E-state index contributed by atoms with van der Waals surface area (Å²) in [5, 5.41) is 13.6. The van der Waals surface area contributed by atoms with Crippen molar-refractivity contribution in [2.24, 2.45) is 0 Å². The Morgan fingerprint density at radius 1 is 1.22 bits per heavy atom. The maximum absolute atomic E-state index is 13.6. The minimum atomic E-state index is -0.982. The van der Waals surface area contributed by atoms with E-state index >= 15 is 0 Å². The molecule has 1 amide bonds.